The lowest BCUT2D eigenvalue weighted by Gasteiger charge is -2.14. The van der Waals surface area contributed by atoms with Gasteiger partial charge < -0.3 is 20.1 Å². The number of nitrogens with one attached hydrogen (secondary N) is 2. The van der Waals surface area contributed by atoms with Gasteiger partial charge >= 0.3 is 0 Å². The molecule has 4 atom stereocenters. The molecule has 29 heavy (non-hydrogen) atoms. The number of hydrogen-bond acceptors (Lipinski definition) is 4. The number of amides is 2. The molecule has 0 spiro atoms. The minimum absolute atomic E-state index is 0.00595. The lowest BCUT2D eigenvalue weighted by Crippen LogP contribution is -2.32. The van der Waals surface area contributed by atoms with Crippen molar-refractivity contribution in [3.05, 3.63) is 64.7 Å². The monoisotopic (exact) mass is 392 g/mol. The summed E-state index contributed by atoms with van der Waals surface area (Å²) in [5.74, 6) is 0.525. The quantitative estimate of drug-likeness (QED) is 0.837. The van der Waals surface area contributed by atoms with Crippen LogP contribution in [0.3, 0.4) is 0 Å². The SMILES string of the molecule is CNC(=O)c1cc(C(=O)N[C@@H]2[C@H]3COC[C@]32C)cc2c1OC[C@@H]2c1ccccc1. The molecule has 3 aliphatic rings. The van der Waals surface area contributed by atoms with E-state index in [1.54, 1.807) is 13.1 Å². The Labute approximate surface area is 169 Å². The average molecular weight is 392 g/mol. The summed E-state index contributed by atoms with van der Waals surface area (Å²) in [5, 5.41) is 5.81. The van der Waals surface area contributed by atoms with Gasteiger partial charge in [-0.05, 0) is 17.7 Å². The molecule has 150 valence electrons. The third kappa shape index (κ3) is 2.82. The second-order valence-electron chi connectivity index (χ2n) is 8.37. The topological polar surface area (TPSA) is 76.7 Å². The van der Waals surface area contributed by atoms with Gasteiger partial charge in [0.1, 0.15) is 5.75 Å². The Kier molecular flexibility index (Phi) is 4.13. The predicted octanol–water partition coefficient (Wildman–Crippen LogP) is 2.34. The molecule has 2 heterocycles. The second kappa shape index (κ2) is 6.59. The highest BCUT2D eigenvalue weighted by Gasteiger charge is 2.65. The third-order valence-electron chi connectivity index (χ3n) is 6.67. The molecule has 1 aliphatic carbocycles. The average Bonchev–Trinajstić information content (AvgIpc) is 3.11. The van der Waals surface area contributed by atoms with Gasteiger partial charge in [0.25, 0.3) is 11.8 Å². The second-order valence-corrected chi connectivity index (χ2v) is 8.37. The molecule has 0 radical (unpaired) electrons. The number of carbonyl (C=O) groups is 2. The molecule has 2 N–H and O–H groups in total. The zero-order valence-corrected chi connectivity index (χ0v) is 16.5. The van der Waals surface area contributed by atoms with Gasteiger partial charge in [0.05, 0.1) is 25.4 Å². The molecule has 2 aromatic rings. The molecule has 5 rings (SSSR count). The molecular weight excluding hydrogens is 368 g/mol. The van der Waals surface area contributed by atoms with E-state index in [9.17, 15) is 9.59 Å². The maximum absolute atomic E-state index is 13.1. The van der Waals surface area contributed by atoms with Crippen LogP contribution in [0.5, 0.6) is 5.75 Å². The number of ether oxygens (including phenoxy) is 2. The Hall–Kier alpha value is -2.86. The van der Waals surface area contributed by atoms with Crippen molar-refractivity contribution in [2.75, 3.05) is 26.9 Å². The number of hydrogen-bond donors (Lipinski definition) is 2. The van der Waals surface area contributed by atoms with Gasteiger partial charge in [-0.2, -0.15) is 0 Å². The summed E-state index contributed by atoms with van der Waals surface area (Å²) in [6.45, 7) is 3.97. The van der Waals surface area contributed by atoms with Crippen LogP contribution < -0.4 is 15.4 Å². The molecule has 2 aromatic carbocycles. The highest BCUT2D eigenvalue weighted by Crippen LogP contribution is 2.56. The molecule has 0 unspecified atom stereocenters. The van der Waals surface area contributed by atoms with Crippen LogP contribution in [0, 0.1) is 11.3 Å². The third-order valence-corrected chi connectivity index (χ3v) is 6.67. The molecule has 0 aromatic heterocycles. The van der Waals surface area contributed by atoms with E-state index >= 15 is 0 Å². The van der Waals surface area contributed by atoms with E-state index in [1.807, 2.05) is 36.4 Å². The Morgan fingerprint density at radius 3 is 2.59 bits per heavy atom. The Morgan fingerprint density at radius 2 is 1.90 bits per heavy atom. The first-order valence-corrected chi connectivity index (χ1v) is 9.99. The molecule has 0 bridgehead atoms. The fourth-order valence-electron chi connectivity index (χ4n) is 4.76. The zero-order valence-electron chi connectivity index (χ0n) is 16.5. The van der Waals surface area contributed by atoms with Crippen LogP contribution in [0.25, 0.3) is 0 Å². The van der Waals surface area contributed by atoms with Gasteiger partial charge in [-0.1, -0.05) is 37.3 Å². The van der Waals surface area contributed by atoms with Gasteiger partial charge in [-0.25, -0.2) is 0 Å². The molecule has 1 saturated heterocycles. The standard InChI is InChI=1S/C23H24N2O4/c1-23-12-28-11-18(23)20(23)25-21(26)14-8-15-17(13-6-4-3-5-7-13)10-29-19(15)16(9-14)22(27)24-2/h3-9,17-18,20H,10-12H2,1-2H3,(H,24,27)(H,25,26)/t17-,18-,20-,23-/m1/s1. The lowest BCUT2D eigenvalue weighted by molar-refractivity contribution is 0.0914. The summed E-state index contributed by atoms with van der Waals surface area (Å²) in [5.41, 5.74) is 2.91. The first kappa shape index (κ1) is 18.2. The van der Waals surface area contributed by atoms with Crippen LogP contribution in [0.2, 0.25) is 0 Å². The highest BCUT2D eigenvalue weighted by atomic mass is 16.5. The van der Waals surface area contributed by atoms with Crippen LogP contribution in [-0.4, -0.2) is 44.7 Å². The van der Waals surface area contributed by atoms with Crippen molar-refractivity contribution in [2.45, 2.75) is 18.9 Å². The van der Waals surface area contributed by atoms with E-state index in [0.717, 1.165) is 11.1 Å². The van der Waals surface area contributed by atoms with E-state index in [-0.39, 0.29) is 29.2 Å². The minimum Gasteiger partial charge on any atom is -0.491 e. The van der Waals surface area contributed by atoms with Crippen molar-refractivity contribution >= 4 is 11.8 Å². The number of benzene rings is 2. The summed E-state index contributed by atoms with van der Waals surface area (Å²) < 4.78 is 11.4. The van der Waals surface area contributed by atoms with Crippen molar-refractivity contribution < 1.29 is 19.1 Å². The number of carbonyl (C=O) groups excluding carboxylic acids is 2. The predicted molar refractivity (Wildman–Crippen MR) is 107 cm³/mol. The van der Waals surface area contributed by atoms with Crippen LogP contribution >= 0.6 is 0 Å². The van der Waals surface area contributed by atoms with Crippen molar-refractivity contribution in [1.82, 2.24) is 10.6 Å². The number of fused-ring (bicyclic) bond motifs is 2. The Balaban J connectivity index is 1.50. The van der Waals surface area contributed by atoms with Gasteiger partial charge in [0.2, 0.25) is 0 Å². The highest BCUT2D eigenvalue weighted by molar-refractivity contribution is 6.02. The van der Waals surface area contributed by atoms with Gasteiger partial charge in [-0.3, -0.25) is 9.59 Å². The normalized spacial score (nSPS) is 28.8. The molecule has 2 amide bonds. The fraction of sp³-hybridized carbons (Fsp3) is 0.391. The summed E-state index contributed by atoms with van der Waals surface area (Å²) in [4.78, 5) is 25.5. The Bertz CT molecular complexity index is 990. The van der Waals surface area contributed by atoms with Crippen molar-refractivity contribution in [3.8, 4) is 5.75 Å². The first-order valence-electron chi connectivity index (χ1n) is 9.99. The zero-order chi connectivity index (χ0) is 20.2. The van der Waals surface area contributed by atoms with E-state index in [4.69, 9.17) is 9.47 Å². The van der Waals surface area contributed by atoms with Gasteiger partial charge in [0.15, 0.2) is 0 Å². The largest absolute Gasteiger partial charge is 0.491 e. The van der Waals surface area contributed by atoms with Crippen LogP contribution in [0.15, 0.2) is 42.5 Å². The molecule has 2 fully saturated rings. The maximum atomic E-state index is 13.1. The summed E-state index contributed by atoms with van der Waals surface area (Å²) in [6, 6.07) is 13.7. The molecule has 6 nitrogen and oxygen atoms in total. The van der Waals surface area contributed by atoms with Gasteiger partial charge in [-0.15, -0.1) is 0 Å². The van der Waals surface area contributed by atoms with Crippen LogP contribution in [-0.2, 0) is 4.74 Å². The van der Waals surface area contributed by atoms with Crippen LogP contribution in [0.1, 0.15) is 44.7 Å². The molecule has 1 saturated carbocycles. The summed E-state index contributed by atoms with van der Waals surface area (Å²) >= 11 is 0. The maximum Gasteiger partial charge on any atom is 0.254 e. The van der Waals surface area contributed by atoms with Crippen LogP contribution in [0.4, 0.5) is 0 Å². The molecular formula is C23H24N2O4. The molecule has 6 heteroatoms. The van der Waals surface area contributed by atoms with E-state index in [2.05, 4.69) is 17.6 Å². The van der Waals surface area contributed by atoms with Crippen molar-refractivity contribution in [1.29, 1.82) is 0 Å². The van der Waals surface area contributed by atoms with Crippen molar-refractivity contribution in [2.24, 2.45) is 11.3 Å². The van der Waals surface area contributed by atoms with E-state index < -0.39 is 0 Å². The fourth-order valence-corrected chi connectivity index (χ4v) is 4.76. The van der Waals surface area contributed by atoms with Gasteiger partial charge in [0, 0.05) is 41.5 Å². The van der Waals surface area contributed by atoms with E-state index in [1.165, 1.54) is 0 Å². The Morgan fingerprint density at radius 1 is 1.10 bits per heavy atom. The lowest BCUT2D eigenvalue weighted by atomic mass is 9.90. The first-order chi connectivity index (χ1) is 14.0. The molecule has 2 aliphatic heterocycles. The summed E-state index contributed by atoms with van der Waals surface area (Å²) in [7, 11) is 1.58. The summed E-state index contributed by atoms with van der Waals surface area (Å²) in [6.07, 6.45) is 0. The van der Waals surface area contributed by atoms with Crippen molar-refractivity contribution in [3.63, 3.8) is 0 Å². The smallest absolute Gasteiger partial charge is 0.254 e. The number of rotatable bonds is 4. The minimum atomic E-state index is -0.256. The van der Waals surface area contributed by atoms with E-state index in [0.29, 0.717) is 42.6 Å².